The average molecular weight is 432 g/mol. The molecule has 0 aliphatic heterocycles. The monoisotopic (exact) mass is 432 g/mol. The van der Waals surface area contributed by atoms with Gasteiger partial charge in [-0.3, -0.25) is 0 Å². The number of carbonyl (C=O) groups excluding carboxylic acids is 1. The molecule has 2 aromatic rings. The largest absolute Gasteiger partial charge is 0.492 e. The van der Waals surface area contributed by atoms with Crippen molar-refractivity contribution in [3.05, 3.63) is 54.1 Å². The van der Waals surface area contributed by atoms with Crippen LogP contribution in [-0.2, 0) is 19.6 Å². The summed E-state index contributed by atoms with van der Waals surface area (Å²) in [5.74, 6) is 5.74. The highest BCUT2D eigenvalue weighted by atomic mass is 32.2. The van der Waals surface area contributed by atoms with E-state index in [4.69, 9.17) is 19.9 Å². The molecule has 0 saturated heterocycles. The molecule has 0 heterocycles. The van der Waals surface area contributed by atoms with Crippen molar-refractivity contribution in [2.24, 2.45) is 5.73 Å². The number of rotatable bonds is 10. The Morgan fingerprint density at radius 1 is 1.07 bits per heavy atom. The second-order valence-electron chi connectivity index (χ2n) is 5.97. The lowest BCUT2D eigenvalue weighted by molar-refractivity contribution is -0.142. The number of nitrogens with two attached hydrogens (primary N) is 1. The van der Waals surface area contributed by atoms with Gasteiger partial charge >= 0.3 is 5.97 Å². The van der Waals surface area contributed by atoms with Gasteiger partial charge < -0.3 is 19.9 Å². The van der Waals surface area contributed by atoms with Crippen LogP contribution >= 0.6 is 0 Å². The fourth-order valence-corrected chi connectivity index (χ4v) is 3.61. The molecular formula is C21H24N2O6S. The molecule has 2 rings (SSSR count). The van der Waals surface area contributed by atoms with Crippen molar-refractivity contribution in [2.45, 2.75) is 17.9 Å². The highest BCUT2D eigenvalue weighted by molar-refractivity contribution is 7.89. The molecule has 0 spiro atoms. The Morgan fingerprint density at radius 3 is 2.23 bits per heavy atom. The lowest BCUT2D eigenvalue weighted by Gasteiger charge is -2.17. The van der Waals surface area contributed by atoms with Gasteiger partial charge in [-0.1, -0.05) is 18.1 Å². The Morgan fingerprint density at radius 2 is 1.67 bits per heavy atom. The molecule has 0 saturated carbocycles. The van der Waals surface area contributed by atoms with E-state index in [1.807, 2.05) is 0 Å². The number of hydrogen-bond donors (Lipinski definition) is 2. The van der Waals surface area contributed by atoms with Crippen molar-refractivity contribution in [1.29, 1.82) is 0 Å². The summed E-state index contributed by atoms with van der Waals surface area (Å²) in [5, 5.41) is 0. The zero-order chi connectivity index (χ0) is 22.0. The quantitative estimate of drug-likeness (QED) is 0.433. The molecule has 30 heavy (non-hydrogen) atoms. The number of nitrogens with one attached hydrogen (secondary N) is 1. The van der Waals surface area contributed by atoms with Crippen LogP contribution in [0, 0.1) is 11.8 Å². The number of sulfonamides is 1. The Bertz CT molecular complexity index is 993. The molecule has 0 unspecified atom stereocenters. The van der Waals surface area contributed by atoms with E-state index in [0.717, 1.165) is 0 Å². The predicted molar refractivity (Wildman–Crippen MR) is 111 cm³/mol. The number of methoxy groups -OCH3 is 1. The van der Waals surface area contributed by atoms with Crippen molar-refractivity contribution < 1.29 is 27.4 Å². The highest BCUT2D eigenvalue weighted by Gasteiger charge is 2.28. The summed E-state index contributed by atoms with van der Waals surface area (Å²) < 4.78 is 43.5. The van der Waals surface area contributed by atoms with Crippen LogP contribution in [0.25, 0.3) is 0 Å². The van der Waals surface area contributed by atoms with Gasteiger partial charge in [-0.2, -0.15) is 4.72 Å². The van der Waals surface area contributed by atoms with E-state index >= 15 is 0 Å². The zero-order valence-electron chi connectivity index (χ0n) is 16.8. The zero-order valence-corrected chi connectivity index (χ0v) is 17.6. The van der Waals surface area contributed by atoms with Crippen LogP contribution in [0.4, 0.5) is 0 Å². The molecule has 0 fully saturated rings. The van der Waals surface area contributed by atoms with Crippen LogP contribution < -0.4 is 19.9 Å². The summed E-state index contributed by atoms with van der Waals surface area (Å²) in [6.45, 7) is 2.61. The van der Waals surface area contributed by atoms with Crippen molar-refractivity contribution in [3.63, 3.8) is 0 Å². The second kappa shape index (κ2) is 11.2. The van der Waals surface area contributed by atoms with E-state index in [1.54, 1.807) is 31.2 Å². The lowest BCUT2D eigenvalue weighted by Crippen LogP contribution is -2.34. The van der Waals surface area contributed by atoms with Gasteiger partial charge in [0.15, 0.2) is 0 Å². The maximum atomic E-state index is 12.8. The second-order valence-corrected chi connectivity index (χ2v) is 7.68. The number of esters is 1. The minimum absolute atomic E-state index is 0.0202. The van der Waals surface area contributed by atoms with Crippen LogP contribution in [0.3, 0.4) is 0 Å². The van der Waals surface area contributed by atoms with Crippen LogP contribution in [0.5, 0.6) is 11.5 Å². The third kappa shape index (κ3) is 6.49. The number of ether oxygens (including phenoxy) is 3. The van der Waals surface area contributed by atoms with Crippen molar-refractivity contribution in [1.82, 2.24) is 4.72 Å². The van der Waals surface area contributed by atoms with Gasteiger partial charge in [-0.25, -0.2) is 13.2 Å². The molecular weight excluding hydrogens is 408 g/mol. The fraction of sp³-hybridized carbons (Fsp3) is 0.286. The topological polar surface area (TPSA) is 117 Å². The van der Waals surface area contributed by atoms with Gasteiger partial charge in [-0.15, -0.1) is 5.92 Å². The summed E-state index contributed by atoms with van der Waals surface area (Å²) in [5.41, 5.74) is 5.81. The first-order valence-corrected chi connectivity index (χ1v) is 10.5. The van der Waals surface area contributed by atoms with E-state index in [9.17, 15) is 13.2 Å². The van der Waals surface area contributed by atoms with Crippen LogP contribution in [-0.4, -0.2) is 41.3 Å². The smallest absolute Gasteiger partial charge is 0.328 e. The maximum absolute atomic E-state index is 12.8. The number of hydrogen-bond acceptors (Lipinski definition) is 7. The Labute approximate surface area is 176 Å². The number of carbonyl (C=O) groups is 1. The standard InChI is InChI=1S/C21H24N2O6S/c1-3-4-14-28-18-9-11-19(12-10-18)30(25,26)23-20(21(24)27-2)16-5-7-17(8-6-16)29-15-13-22/h5-12,20,23H,13-15,22H2,1-2H3/t20-/m1/s1. The summed E-state index contributed by atoms with van der Waals surface area (Å²) >= 11 is 0. The first-order chi connectivity index (χ1) is 14.4. The summed E-state index contributed by atoms with van der Waals surface area (Å²) in [6.07, 6.45) is 0. The predicted octanol–water partition coefficient (Wildman–Crippen LogP) is 1.62. The van der Waals surface area contributed by atoms with Gasteiger partial charge in [0.25, 0.3) is 0 Å². The Balaban J connectivity index is 2.20. The maximum Gasteiger partial charge on any atom is 0.328 e. The van der Waals surface area contributed by atoms with E-state index in [1.165, 1.54) is 31.4 Å². The molecule has 0 radical (unpaired) electrons. The molecule has 0 aliphatic rings. The SMILES string of the molecule is CC#CCOc1ccc(S(=O)(=O)N[C@@H](C(=O)OC)c2ccc(OCCN)cc2)cc1. The van der Waals surface area contributed by atoms with Gasteiger partial charge in [0.1, 0.15) is 30.8 Å². The molecule has 2 aromatic carbocycles. The van der Waals surface area contributed by atoms with Gasteiger partial charge in [-0.05, 0) is 48.9 Å². The van der Waals surface area contributed by atoms with Crippen molar-refractivity contribution in [2.75, 3.05) is 26.9 Å². The molecule has 0 aromatic heterocycles. The summed E-state index contributed by atoms with van der Waals surface area (Å²) in [6, 6.07) is 11.0. The van der Waals surface area contributed by atoms with E-state index in [2.05, 4.69) is 16.6 Å². The molecule has 160 valence electrons. The molecule has 1 atom stereocenters. The average Bonchev–Trinajstić information content (AvgIpc) is 2.76. The molecule has 0 bridgehead atoms. The minimum atomic E-state index is -4.01. The Hall–Kier alpha value is -3.06. The first kappa shape index (κ1) is 23.2. The van der Waals surface area contributed by atoms with Gasteiger partial charge in [0, 0.05) is 6.54 Å². The van der Waals surface area contributed by atoms with E-state index in [0.29, 0.717) is 30.2 Å². The third-order valence-corrected chi connectivity index (χ3v) is 5.37. The molecule has 9 heteroatoms. The molecule has 0 aliphatic carbocycles. The van der Waals surface area contributed by atoms with E-state index < -0.39 is 22.0 Å². The van der Waals surface area contributed by atoms with Crippen molar-refractivity contribution in [3.8, 4) is 23.3 Å². The minimum Gasteiger partial charge on any atom is -0.492 e. The third-order valence-electron chi connectivity index (χ3n) is 3.93. The number of benzene rings is 2. The van der Waals surface area contributed by atoms with Crippen LogP contribution in [0.1, 0.15) is 18.5 Å². The first-order valence-electron chi connectivity index (χ1n) is 9.06. The molecule has 0 amide bonds. The molecule has 3 N–H and O–H groups in total. The van der Waals surface area contributed by atoms with E-state index in [-0.39, 0.29) is 11.5 Å². The van der Waals surface area contributed by atoms with Crippen molar-refractivity contribution >= 4 is 16.0 Å². The lowest BCUT2D eigenvalue weighted by atomic mass is 10.1. The Kier molecular flexibility index (Phi) is 8.68. The van der Waals surface area contributed by atoms with Crippen LogP contribution in [0.15, 0.2) is 53.4 Å². The fourth-order valence-electron chi connectivity index (χ4n) is 2.43. The summed E-state index contributed by atoms with van der Waals surface area (Å²) in [7, 11) is -2.82. The van der Waals surface area contributed by atoms with Crippen LogP contribution in [0.2, 0.25) is 0 Å². The highest BCUT2D eigenvalue weighted by Crippen LogP contribution is 2.23. The molecule has 8 nitrogen and oxygen atoms in total. The summed E-state index contributed by atoms with van der Waals surface area (Å²) in [4.78, 5) is 12.2. The van der Waals surface area contributed by atoms with Gasteiger partial charge in [0.05, 0.1) is 12.0 Å². The normalized spacial score (nSPS) is 11.7. The van der Waals surface area contributed by atoms with Gasteiger partial charge in [0.2, 0.25) is 10.0 Å².